The van der Waals surface area contributed by atoms with Crippen LogP contribution in [0.15, 0.2) is 146 Å². The number of pyridine rings is 1. The van der Waals surface area contributed by atoms with Crippen LogP contribution in [0.3, 0.4) is 0 Å². The lowest BCUT2D eigenvalue weighted by Crippen LogP contribution is -2.04. The maximum atomic E-state index is 8.57. The van der Waals surface area contributed by atoms with E-state index in [2.05, 4.69) is 182 Å². The van der Waals surface area contributed by atoms with E-state index in [9.17, 15) is 0 Å². The Labute approximate surface area is 339 Å². The standard InChI is InChI=1S/C54H42N4/c1-32-24-34(3)53(35(4)25-32)39-16-18-43-41-12-8-10-14-47(41)57(49(43)28-39)51-30-45(38-20-22-56-23-21-38)46(55-7)31-52(51)58-48-15-11-9-13-42(48)44-19-17-40(29-50(44)58)54-36(5)26-33(2)27-37(54)6/h8-31H,1-6H3. The normalized spacial score (nSPS) is 11.6. The van der Waals surface area contributed by atoms with Gasteiger partial charge in [-0.25, -0.2) is 4.85 Å². The molecule has 7 aromatic carbocycles. The summed E-state index contributed by atoms with van der Waals surface area (Å²) in [5.74, 6) is 0. The third kappa shape index (κ3) is 5.46. The molecule has 0 aliphatic carbocycles. The number of aromatic nitrogens is 3. The fourth-order valence-electron chi connectivity index (χ4n) is 9.82. The monoisotopic (exact) mass is 746 g/mol. The number of fused-ring (bicyclic) bond motifs is 6. The molecule has 10 rings (SSSR count). The quantitative estimate of drug-likeness (QED) is 0.161. The van der Waals surface area contributed by atoms with Gasteiger partial charge >= 0.3 is 0 Å². The molecule has 3 heterocycles. The fourth-order valence-corrected chi connectivity index (χ4v) is 9.82. The van der Waals surface area contributed by atoms with Crippen molar-refractivity contribution in [1.29, 1.82) is 0 Å². The first-order valence-corrected chi connectivity index (χ1v) is 19.9. The molecule has 4 heteroatoms. The van der Waals surface area contributed by atoms with E-state index in [0.717, 1.165) is 44.6 Å². The molecule has 0 spiro atoms. The molecule has 278 valence electrons. The van der Waals surface area contributed by atoms with Crippen LogP contribution in [0.5, 0.6) is 0 Å². The largest absolute Gasteiger partial charge is 0.308 e. The van der Waals surface area contributed by atoms with Crippen LogP contribution < -0.4 is 0 Å². The van der Waals surface area contributed by atoms with Crippen molar-refractivity contribution in [2.75, 3.05) is 0 Å². The van der Waals surface area contributed by atoms with E-state index in [1.54, 1.807) is 12.4 Å². The summed E-state index contributed by atoms with van der Waals surface area (Å²) in [4.78, 5) is 8.54. The lowest BCUT2D eigenvalue weighted by molar-refractivity contribution is 1.10. The van der Waals surface area contributed by atoms with Crippen LogP contribution in [0.25, 0.3) is 93.2 Å². The number of rotatable bonds is 5. The van der Waals surface area contributed by atoms with Gasteiger partial charge in [0.15, 0.2) is 5.69 Å². The zero-order chi connectivity index (χ0) is 39.8. The van der Waals surface area contributed by atoms with Gasteiger partial charge < -0.3 is 9.13 Å². The van der Waals surface area contributed by atoms with Gasteiger partial charge in [-0.05, 0) is 146 Å². The Morgan fingerprint density at radius 1 is 0.431 bits per heavy atom. The van der Waals surface area contributed by atoms with E-state index in [0.29, 0.717) is 5.69 Å². The molecule has 4 nitrogen and oxygen atoms in total. The summed E-state index contributed by atoms with van der Waals surface area (Å²) in [5.41, 5.74) is 21.2. The van der Waals surface area contributed by atoms with Crippen LogP contribution in [-0.4, -0.2) is 14.1 Å². The first-order chi connectivity index (χ1) is 28.2. The molecule has 10 aromatic rings. The lowest BCUT2D eigenvalue weighted by Gasteiger charge is -2.20. The lowest BCUT2D eigenvalue weighted by atomic mass is 9.93. The molecular formula is C54H42N4. The van der Waals surface area contributed by atoms with Crippen LogP contribution in [-0.2, 0) is 0 Å². The first kappa shape index (κ1) is 35.2. The van der Waals surface area contributed by atoms with Crippen molar-refractivity contribution in [2.24, 2.45) is 0 Å². The second-order valence-electron chi connectivity index (χ2n) is 15.9. The fraction of sp³-hybridized carbons (Fsp3) is 0.111. The summed E-state index contributed by atoms with van der Waals surface area (Å²) in [5, 5.41) is 4.71. The second-order valence-corrected chi connectivity index (χ2v) is 15.9. The van der Waals surface area contributed by atoms with Crippen molar-refractivity contribution in [3.63, 3.8) is 0 Å². The van der Waals surface area contributed by atoms with E-state index in [4.69, 9.17) is 6.57 Å². The van der Waals surface area contributed by atoms with Crippen LogP contribution in [0.2, 0.25) is 0 Å². The summed E-state index contributed by atoms with van der Waals surface area (Å²) in [6.07, 6.45) is 3.61. The summed E-state index contributed by atoms with van der Waals surface area (Å²) in [7, 11) is 0. The Balaban J connectivity index is 1.36. The summed E-state index contributed by atoms with van der Waals surface area (Å²) < 4.78 is 4.82. The minimum absolute atomic E-state index is 0.588. The third-order valence-electron chi connectivity index (χ3n) is 12.0. The first-order valence-electron chi connectivity index (χ1n) is 19.9. The highest BCUT2D eigenvalue weighted by molar-refractivity contribution is 6.13. The average Bonchev–Trinajstić information content (AvgIpc) is 3.72. The predicted molar refractivity (Wildman–Crippen MR) is 244 cm³/mol. The van der Waals surface area contributed by atoms with Gasteiger partial charge in [-0.2, -0.15) is 0 Å². The van der Waals surface area contributed by atoms with Crippen molar-refractivity contribution in [3.05, 3.63) is 191 Å². The molecule has 0 saturated heterocycles. The minimum atomic E-state index is 0.588. The van der Waals surface area contributed by atoms with Crippen LogP contribution >= 0.6 is 0 Å². The molecular weight excluding hydrogens is 705 g/mol. The topological polar surface area (TPSA) is 27.1 Å². The van der Waals surface area contributed by atoms with Crippen LogP contribution in [0.4, 0.5) is 5.69 Å². The number of hydrogen-bond donors (Lipinski definition) is 0. The van der Waals surface area contributed by atoms with Gasteiger partial charge in [-0.3, -0.25) is 4.98 Å². The number of para-hydroxylation sites is 2. The number of benzene rings is 7. The van der Waals surface area contributed by atoms with Gasteiger partial charge in [-0.1, -0.05) is 96.1 Å². The van der Waals surface area contributed by atoms with Gasteiger partial charge in [0.2, 0.25) is 0 Å². The summed E-state index contributed by atoms with van der Waals surface area (Å²) in [6, 6.07) is 48.7. The molecule has 58 heavy (non-hydrogen) atoms. The molecule has 0 amide bonds. The molecule has 0 aliphatic heterocycles. The van der Waals surface area contributed by atoms with Gasteiger partial charge in [0.25, 0.3) is 0 Å². The van der Waals surface area contributed by atoms with Crippen molar-refractivity contribution in [3.8, 4) is 44.8 Å². The van der Waals surface area contributed by atoms with Gasteiger partial charge in [-0.15, -0.1) is 0 Å². The van der Waals surface area contributed by atoms with Crippen molar-refractivity contribution in [1.82, 2.24) is 14.1 Å². The zero-order valence-corrected chi connectivity index (χ0v) is 33.6. The highest BCUT2D eigenvalue weighted by atomic mass is 15.1. The van der Waals surface area contributed by atoms with Gasteiger partial charge in [0, 0.05) is 33.9 Å². The van der Waals surface area contributed by atoms with E-state index < -0.39 is 0 Å². The molecule has 3 aromatic heterocycles. The predicted octanol–water partition coefficient (Wildman–Crippen LogP) is 14.7. The third-order valence-corrected chi connectivity index (χ3v) is 12.0. The van der Waals surface area contributed by atoms with E-state index in [1.807, 2.05) is 12.1 Å². The molecule has 0 fully saturated rings. The maximum Gasteiger partial charge on any atom is 0.197 e. The Morgan fingerprint density at radius 2 is 0.862 bits per heavy atom. The molecule has 0 radical (unpaired) electrons. The van der Waals surface area contributed by atoms with Gasteiger partial charge in [0.05, 0.1) is 40.0 Å². The van der Waals surface area contributed by atoms with Gasteiger partial charge in [0.1, 0.15) is 0 Å². The zero-order valence-electron chi connectivity index (χ0n) is 33.6. The Kier molecular flexibility index (Phi) is 8.18. The Bertz CT molecular complexity index is 3310. The van der Waals surface area contributed by atoms with E-state index in [1.165, 1.54) is 77.2 Å². The van der Waals surface area contributed by atoms with E-state index >= 15 is 0 Å². The smallest absolute Gasteiger partial charge is 0.197 e. The molecule has 0 bridgehead atoms. The molecule has 0 aliphatic rings. The number of nitrogens with zero attached hydrogens (tertiary/aromatic N) is 4. The summed E-state index contributed by atoms with van der Waals surface area (Å²) >= 11 is 0. The highest BCUT2D eigenvalue weighted by Gasteiger charge is 2.23. The van der Waals surface area contributed by atoms with Crippen molar-refractivity contribution in [2.45, 2.75) is 41.5 Å². The number of hydrogen-bond acceptors (Lipinski definition) is 1. The van der Waals surface area contributed by atoms with Crippen molar-refractivity contribution >= 4 is 49.3 Å². The van der Waals surface area contributed by atoms with Crippen LogP contribution in [0.1, 0.15) is 33.4 Å². The minimum Gasteiger partial charge on any atom is -0.308 e. The SMILES string of the molecule is [C-]#[N+]c1cc(-n2c3ccccc3c3ccc(-c4c(C)cc(C)cc4C)cc32)c(-n2c3ccccc3c3ccc(-c4c(C)cc(C)cc4C)cc32)cc1-c1ccncc1. The number of aryl methyl sites for hydroxylation is 6. The Morgan fingerprint density at radius 3 is 1.33 bits per heavy atom. The maximum absolute atomic E-state index is 8.57. The summed E-state index contributed by atoms with van der Waals surface area (Å²) in [6.45, 7) is 21.8. The highest BCUT2D eigenvalue weighted by Crippen LogP contribution is 2.45. The molecule has 0 atom stereocenters. The van der Waals surface area contributed by atoms with Crippen LogP contribution in [0, 0.1) is 48.1 Å². The van der Waals surface area contributed by atoms with E-state index in [-0.39, 0.29) is 0 Å². The molecule has 0 unspecified atom stereocenters. The van der Waals surface area contributed by atoms with Crippen molar-refractivity contribution < 1.29 is 0 Å². The average molecular weight is 747 g/mol. The molecule has 0 N–H and O–H groups in total. The second kappa shape index (κ2) is 13.5. The molecule has 0 saturated carbocycles. The Hall–Kier alpha value is -7.22.